The summed E-state index contributed by atoms with van der Waals surface area (Å²) in [7, 11) is 0. The lowest BCUT2D eigenvalue weighted by Crippen LogP contribution is -2.32. The predicted molar refractivity (Wildman–Crippen MR) is 65.9 cm³/mol. The van der Waals surface area contributed by atoms with Gasteiger partial charge in [-0.05, 0) is 26.0 Å². The van der Waals surface area contributed by atoms with Crippen LogP contribution >= 0.6 is 0 Å². The molecule has 0 aliphatic rings. The Bertz CT molecular complexity index is 393. The third-order valence-electron chi connectivity index (χ3n) is 2.31. The van der Waals surface area contributed by atoms with E-state index in [1.165, 1.54) is 12.1 Å². The zero-order valence-corrected chi connectivity index (χ0v) is 10.1. The average molecular weight is 238 g/mol. The predicted octanol–water partition coefficient (Wildman–Crippen LogP) is 1.13. The molecule has 0 bridgehead atoms. The van der Waals surface area contributed by atoms with Gasteiger partial charge in [-0.25, -0.2) is 0 Å². The highest BCUT2D eigenvalue weighted by molar-refractivity contribution is 5.98. The van der Waals surface area contributed by atoms with Crippen LogP contribution < -0.4 is 11.1 Å². The lowest BCUT2D eigenvalue weighted by Gasteiger charge is -2.13. The number of carbonyl (C=O) groups excluding carboxylic acids is 1. The van der Waals surface area contributed by atoms with E-state index in [0.717, 1.165) is 0 Å². The van der Waals surface area contributed by atoms with Gasteiger partial charge in [0.15, 0.2) is 5.75 Å². The molecule has 4 N–H and O–H groups in total. The normalized spacial score (nSPS) is 12.1. The molecular weight excluding hydrogens is 220 g/mol. The van der Waals surface area contributed by atoms with Crippen LogP contribution in [0, 0.1) is 0 Å². The van der Waals surface area contributed by atoms with E-state index in [-0.39, 0.29) is 29.0 Å². The summed E-state index contributed by atoms with van der Waals surface area (Å²) in [5.74, 6) is -0.546. The van der Waals surface area contributed by atoms with Gasteiger partial charge in [-0.15, -0.1) is 0 Å². The molecule has 1 rings (SSSR count). The maximum absolute atomic E-state index is 11.7. The number of nitrogen functional groups attached to an aromatic ring is 1. The molecule has 0 radical (unpaired) electrons. The summed E-state index contributed by atoms with van der Waals surface area (Å²) in [6.45, 7) is 4.74. The number of anilines is 1. The van der Waals surface area contributed by atoms with Crippen molar-refractivity contribution in [2.75, 3.05) is 18.9 Å². The SMILES string of the molecule is CCOC(C)CNC(=O)c1cccc(N)c1O. The van der Waals surface area contributed by atoms with Gasteiger partial charge >= 0.3 is 0 Å². The minimum absolute atomic E-state index is 0.0628. The van der Waals surface area contributed by atoms with Gasteiger partial charge in [-0.3, -0.25) is 4.79 Å². The number of hydrogen-bond acceptors (Lipinski definition) is 4. The molecule has 5 heteroatoms. The van der Waals surface area contributed by atoms with Gasteiger partial charge in [0.25, 0.3) is 5.91 Å². The Hall–Kier alpha value is -1.75. The standard InChI is InChI=1S/C12H18N2O3/c1-3-17-8(2)7-14-12(16)9-5-4-6-10(13)11(9)15/h4-6,8,15H,3,7,13H2,1-2H3,(H,14,16). The van der Waals surface area contributed by atoms with Crippen LogP contribution in [-0.2, 0) is 4.74 Å². The number of phenolic OH excluding ortho intramolecular Hbond substituents is 1. The molecule has 0 spiro atoms. The summed E-state index contributed by atoms with van der Waals surface area (Å²) < 4.78 is 5.28. The highest BCUT2D eigenvalue weighted by Gasteiger charge is 2.13. The molecule has 17 heavy (non-hydrogen) atoms. The topological polar surface area (TPSA) is 84.6 Å². The monoisotopic (exact) mass is 238 g/mol. The number of phenols is 1. The average Bonchev–Trinajstić information content (AvgIpc) is 2.30. The molecule has 0 aliphatic carbocycles. The fraction of sp³-hybridized carbons (Fsp3) is 0.417. The Kier molecular flexibility index (Phi) is 4.78. The number of nitrogens with one attached hydrogen (secondary N) is 1. The smallest absolute Gasteiger partial charge is 0.255 e. The molecule has 94 valence electrons. The largest absolute Gasteiger partial charge is 0.505 e. The second kappa shape index (κ2) is 6.10. The number of carbonyl (C=O) groups is 1. The molecule has 1 aromatic rings. The van der Waals surface area contributed by atoms with E-state index in [1.54, 1.807) is 6.07 Å². The van der Waals surface area contributed by atoms with Gasteiger partial charge in [-0.2, -0.15) is 0 Å². The van der Waals surface area contributed by atoms with Gasteiger partial charge in [0, 0.05) is 13.2 Å². The fourth-order valence-electron chi connectivity index (χ4n) is 1.42. The molecular formula is C12H18N2O3. The first kappa shape index (κ1) is 13.3. The van der Waals surface area contributed by atoms with Crippen molar-refractivity contribution in [1.29, 1.82) is 0 Å². The van der Waals surface area contributed by atoms with Gasteiger partial charge < -0.3 is 20.9 Å². The third kappa shape index (κ3) is 3.64. The lowest BCUT2D eigenvalue weighted by atomic mass is 10.1. The zero-order chi connectivity index (χ0) is 12.8. The van der Waals surface area contributed by atoms with Crippen molar-refractivity contribution in [3.63, 3.8) is 0 Å². The van der Waals surface area contributed by atoms with E-state index in [2.05, 4.69) is 5.32 Å². The van der Waals surface area contributed by atoms with Gasteiger partial charge in [0.1, 0.15) is 0 Å². The van der Waals surface area contributed by atoms with Gasteiger partial charge in [-0.1, -0.05) is 6.07 Å². The molecule has 0 heterocycles. The highest BCUT2D eigenvalue weighted by Crippen LogP contribution is 2.23. The maximum Gasteiger partial charge on any atom is 0.255 e. The molecule has 1 unspecified atom stereocenters. The third-order valence-corrected chi connectivity index (χ3v) is 2.31. The van der Waals surface area contributed by atoms with Crippen LogP contribution in [0.4, 0.5) is 5.69 Å². The minimum atomic E-state index is -0.360. The van der Waals surface area contributed by atoms with Crippen molar-refractivity contribution >= 4 is 11.6 Å². The summed E-state index contributed by atoms with van der Waals surface area (Å²) in [6.07, 6.45) is -0.0628. The first-order valence-corrected chi connectivity index (χ1v) is 5.53. The Labute approximate surface area is 101 Å². The van der Waals surface area contributed by atoms with E-state index in [4.69, 9.17) is 10.5 Å². The van der Waals surface area contributed by atoms with Crippen molar-refractivity contribution < 1.29 is 14.6 Å². The second-order valence-corrected chi connectivity index (χ2v) is 3.72. The molecule has 1 atom stereocenters. The van der Waals surface area contributed by atoms with E-state index >= 15 is 0 Å². The Morgan fingerprint density at radius 1 is 1.59 bits per heavy atom. The summed E-state index contributed by atoms with van der Waals surface area (Å²) in [5.41, 5.74) is 5.87. The van der Waals surface area contributed by atoms with Gasteiger partial charge in [0.2, 0.25) is 0 Å². The molecule has 0 saturated heterocycles. The van der Waals surface area contributed by atoms with Crippen LogP contribution in [0.2, 0.25) is 0 Å². The quantitative estimate of drug-likeness (QED) is 0.530. The van der Waals surface area contributed by atoms with Crippen molar-refractivity contribution in [1.82, 2.24) is 5.32 Å². The molecule has 1 amide bonds. The first-order chi connectivity index (χ1) is 8.06. The molecule has 5 nitrogen and oxygen atoms in total. The van der Waals surface area contributed by atoms with Crippen LogP contribution in [-0.4, -0.2) is 30.3 Å². The van der Waals surface area contributed by atoms with Crippen LogP contribution in [0.3, 0.4) is 0 Å². The maximum atomic E-state index is 11.7. The summed E-state index contributed by atoms with van der Waals surface area (Å²) in [6, 6.07) is 4.68. The zero-order valence-electron chi connectivity index (χ0n) is 10.1. The lowest BCUT2D eigenvalue weighted by molar-refractivity contribution is 0.0694. The molecule has 0 aliphatic heterocycles. The summed E-state index contributed by atoms with van der Waals surface area (Å²) >= 11 is 0. The number of aromatic hydroxyl groups is 1. The number of para-hydroxylation sites is 1. The van der Waals surface area contributed by atoms with Crippen LogP contribution in [0.15, 0.2) is 18.2 Å². The molecule has 0 aromatic heterocycles. The number of rotatable bonds is 5. The Morgan fingerprint density at radius 3 is 2.94 bits per heavy atom. The van der Waals surface area contributed by atoms with E-state index in [9.17, 15) is 9.90 Å². The fourth-order valence-corrected chi connectivity index (χ4v) is 1.42. The Balaban J connectivity index is 2.61. The first-order valence-electron chi connectivity index (χ1n) is 5.53. The van der Waals surface area contributed by atoms with Crippen molar-refractivity contribution in [3.05, 3.63) is 23.8 Å². The van der Waals surface area contributed by atoms with Crippen molar-refractivity contribution in [3.8, 4) is 5.75 Å². The molecule has 0 saturated carbocycles. The van der Waals surface area contributed by atoms with Crippen molar-refractivity contribution in [2.45, 2.75) is 20.0 Å². The summed E-state index contributed by atoms with van der Waals surface area (Å²) in [4.78, 5) is 11.7. The van der Waals surface area contributed by atoms with E-state index in [1.807, 2.05) is 13.8 Å². The van der Waals surface area contributed by atoms with E-state index < -0.39 is 0 Å². The van der Waals surface area contributed by atoms with Crippen LogP contribution in [0.1, 0.15) is 24.2 Å². The van der Waals surface area contributed by atoms with Gasteiger partial charge in [0.05, 0.1) is 17.4 Å². The number of amides is 1. The number of hydrogen-bond donors (Lipinski definition) is 3. The second-order valence-electron chi connectivity index (χ2n) is 3.72. The number of benzene rings is 1. The molecule has 0 fully saturated rings. The highest BCUT2D eigenvalue weighted by atomic mass is 16.5. The minimum Gasteiger partial charge on any atom is -0.505 e. The number of nitrogens with two attached hydrogens (primary N) is 1. The summed E-state index contributed by atoms with van der Waals surface area (Å²) in [5, 5.41) is 12.3. The van der Waals surface area contributed by atoms with Crippen LogP contribution in [0.5, 0.6) is 5.75 Å². The Morgan fingerprint density at radius 2 is 2.29 bits per heavy atom. The van der Waals surface area contributed by atoms with E-state index in [0.29, 0.717) is 13.2 Å². The van der Waals surface area contributed by atoms with Crippen LogP contribution in [0.25, 0.3) is 0 Å². The molecule has 1 aromatic carbocycles. The number of ether oxygens (including phenoxy) is 1. The van der Waals surface area contributed by atoms with Crippen molar-refractivity contribution in [2.24, 2.45) is 0 Å².